The average Bonchev–Trinajstić information content (AvgIpc) is 4.00. The van der Waals surface area contributed by atoms with E-state index >= 15 is 0 Å². The number of anilines is 5. The molecule has 5 aromatic carbocycles. The van der Waals surface area contributed by atoms with Crippen molar-refractivity contribution in [3.8, 4) is 10.4 Å². The average molecular weight is 786 g/mol. The number of rotatable bonds is 9. The number of hydrogen-bond donors (Lipinski definition) is 0. The number of thiazole rings is 1. The lowest BCUT2D eigenvalue weighted by atomic mass is 9.96. The molecule has 1 aliphatic rings. The summed E-state index contributed by atoms with van der Waals surface area (Å²) >= 11 is 5.82. The van der Waals surface area contributed by atoms with Crippen molar-refractivity contribution in [2.45, 2.75) is 16.5 Å². The highest BCUT2D eigenvalue weighted by atomic mass is 32.2. The fraction of sp³-hybridized carbons (Fsp3) is 0.0976. The van der Waals surface area contributed by atoms with Crippen molar-refractivity contribution in [3.05, 3.63) is 150 Å². The van der Waals surface area contributed by atoms with Crippen molar-refractivity contribution < 1.29 is 8.42 Å². The lowest BCUT2D eigenvalue weighted by Crippen LogP contribution is -2.13. The first-order valence-corrected chi connectivity index (χ1v) is 22.1. The van der Waals surface area contributed by atoms with Gasteiger partial charge in [-0.2, -0.15) is 8.75 Å². The lowest BCUT2D eigenvalue weighted by Gasteiger charge is -2.26. The first kappa shape index (κ1) is 34.0. The van der Waals surface area contributed by atoms with E-state index in [1.165, 1.54) is 29.3 Å². The molecule has 262 valence electrons. The van der Waals surface area contributed by atoms with E-state index in [1.807, 2.05) is 48.5 Å². The minimum absolute atomic E-state index is 0.0544. The van der Waals surface area contributed by atoms with E-state index in [2.05, 4.69) is 108 Å². The number of para-hydroxylation sites is 4. The molecule has 1 aliphatic heterocycles. The standard InChI is InChI=1S/C41H31N5O2S5/c1-26-25-33(46(29-19-11-5-12-20-29)30-21-13-6-14-22-30)50-39(26)35-37-36(43-52-44-37)34(38-40(35)51-41(42-38)53(2,47)48)31-23-24-32(49-31)45(27-15-7-3-8-16-27)28-17-9-4-10-18-28/h3-26,39H,1-2H3. The molecule has 0 saturated heterocycles. The molecule has 0 radical (unpaired) electrons. The zero-order valence-electron chi connectivity index (χ0n) is 28.5. The molecule has 0 amide bonds. The predicted octanol–water partition coefficient (Wildman–Crippen LogP) is 12.0. The van der Waals surface area contributed by atoms with Crippen LogP contribution in [0.15, 0.2) is 149 Å². The second-order valence-electron chi connectivity index (χ2n) is 12.7. The number of thioether (sulfide) groups is 1. The summed E-state index contributed by atoms with van der Waals surface area (Å²) in [4.78, 5) is 10.4. The van der Waals surface area contributed by atoms with Crippen molar-refractivity contribution in [1.82, 2.24) is 13.7 Å². The zero-order chi connectivity index (χ0) is 36.1. The second kappa shape index (κ2) is 13.9. The molecule has 0 bridgehead atoms. The highest BCUT2D eigenvalue weighted by Crippen LogP contribution is 2.56. The molecule has 7 nitrogen and oxygen atoms in total. The Hall–Kier alpha value is -4.85. The van der Waals surface area contributed by atoms with Crippen LogP contribution < -0.4 is 9.80 Å². The van der Waals surface area contributed by atoms with Crippen LogP contribution in [0.2, 0.25) is 0 Å². The molecule has 9 rings (SSSR count). The summed E-state index contributed by atoms with van der Waals surface area (Å²) in [5, 5.41) is 2.06. The summed E-state index contributed by atoms with van der Waals surface area (Å²) in [7, 11) is -3.60. The summed E-state index contributed by atoms with van der Waals surface area (Å²) in [6.07, 6.45) is 3.54. The fourth-order valence-electron chi connectivity index (χ4n) is 6.79. The van der Waals surface area contributed by atoms with Crippen molar-refractivity contribution in [1.29, 1.82) is 0 Å². The number of allylic oxidation sites excluding steroid dienone is 1. The smallest absolute Gasteiger partial charge is 0.210 e. The van der Waals surface area contributed by atoms with Crippen LogP contribution in [0.3, 0.4) is 0 Å². The van der Waals surface area contributed by atoms with Gasteiger partial charge in [-0.25, -0.2) is 13.4 Å². The summed E-state index contributed by atoms with van der Waals surface area (Å²) < 4.78 is 37.0. The Labute approximate surface area is 324 Å². The molecular weight excluding hydrogens is 755 g/mol. The van der Waals surface area contributed by atoms with Gasteiger partial charge in [0.25, 0.3) is 0 Å². The second-order valence-corrected chi connectivity index (χ2v) is 18.7. The maximum atomic E-state index is 13.1. The van der Waals surface area contributed by atoms with Crippen LogP contribution in [-0.4, -0.2) is 28.4 Å². The molecule has 0 saturated carbocycles. The number of thiophene rings is 1. The Morgan fingerprint density at radius 3 is 1.70 bits per heavy atom. The third kappa shape index (κ3) is 6.24. The molecular formula is C41H31N5O2S5. The van der Waals surface area contributed by atoms with Gasteiger partial charge in [0, 0.05) is 50.3 Å². The highest BCUT2D eigenvalue weighted by Gasteiger charge is 2.36. The summed E-state index contributed by atoms with van der Waals surface area (Å²) in [6, 6.07) is 45.5. The Morgan fingerprint density at radius 2 is 1.15 bits per heavy atom. The summed E-state index contributed by atoms with van der Waals surface area (Å²) in [5.74, 6) is 0.103. The first-order chi connectivity index (χ1) is 25.8. The Kier molecular flexibility index (Phi) is 8.87. The Morgan fingerprint density at radius 1 is 0.623 bits per heavy atom. The molecule has 8 aromatic rings. The number of nitrogens with zero attached hydrogens (tertiary/aromatic N) is 5. The van der Waals surface area contributed by atoms with Crippen LogP contribution in [0.25, 0.3) is 31.7 Å². The minimum Gasteiger partial charge on any atom is -0.305 e. The number of aromatic nitrogens is 3. The van der Waals surface area contributed by atoms with Crippen LogP contribution in [0.4, 0.5) is 27.8 Å². The van der Waals surface area contributed by atoms with E-state index in [9.17, 15) is 8.42 Å². The fourth-order valence-corrected chi connectivity index (χ4v) is 12.0. The van der Waals surface area contributed by atoms with E-state index < -0.39 is 9.84 Å². The van der Waals surface area contributed by atoms with Gasteiger partial charge in [-0.15, -0.1) is 22.7 Å². The minimum atomic E-state index is -3.60. The van der Waals surface area contributed by atoms with Crippen LogP contribution >= 0.6 is 46.2 Å². The van der Waals surface area contributed by atoms with E-state index in [-0.39, 0.29) is 15.5 Å². The molecule has 3 aromatic heterocycles. The van der Waals surface area contributed by atoms with Gasteiger partial charge in [-0.1, -0.05) is 91.5 Å². The van der Waals surface area contributed by atoms with Crippen LogP contribution in [0.1, 0.15) is 17.7 Å². The van der Waals surface area contributed by atoms with E-state index in [4.69, 9.17) is 13.7 Å². The monoisotopic (exact) mass is 785 g/mol. The molecule has 53 heavy (non-hydrogen) atoms. The van der Waals surface area contributed by atoms with Gasteiger partial charge in [0.2, 0.25) is 14.2 Å². The number of benzene rings is 5. The van der Waals surface area contributed by atoms with Crippen LogP contribution in [-0.2, 0) is 9.84 Å². The quantitative estimate of drug-likeness (QED) is 0.143. The topological polar surface area (TPSA) is 79.3 Å². The van der Waals surface area contributed by atoms with Crippen LogP contribution in [0.5, 0.6) is 0 Å². The maximum absolute atomic E-state index is 13.1. The lowest BCUT2D eigenvalue weighted by molar-refractivity contribution is 0.601. The third-order valence-corrected chi connectivity index (χ3v) is 15.0. The third-order valence-electron chi connectivity index (χ3n) is 9.14. The molecule has 2 unspecified atom stereocenters. The van der Waals surface area contributed by atoms with Gasteiger partial charge < -0.3 is 9.80 Å². The molecule has 0 aliphatic carbocycles. The molecule has 2 atom stereocenters. The van der Waals surface area contributed by atoms with Crippen molar-refractivity contribution in [2.24, 2.45) is 5.92 Å². The largest absolute Gasteiger partial charge is 0.305 e. The molecule has 0 N–H and O–H groups in total. The van der Waals surface area contributed by atoms with E-state index in [0.717, 1.165) is 64.5 Å². The Bertz CT molecular complexity index is 2630. The number of fused-ring (bicyclic) bond motifs is 2. The number of sulfone groups is 1. The zero-order valence-corrected chi connectivity index (χ0v) is 32.6. The van der Waals surface area contributed by atoms with Crippen molar-refractivity contribution in [3.63, 3.8) is 0 Å². The van der Waals surface area contributed by atoms with Gasteiger partial charge in [-0.3, -0.25) is 0 Å². The summed E-state index contributed by atoms with van der Waals surface area (Å²) in [5.41, 5.74) is 8.19. The van der Waals surface area contributed by atoms with Gasteiger partial charge >= 0.3 is 0 Å². The van der Waals surface area contributed by atoms with Gasteiger partial charge in [0.1, 0.15) is 16.0 Å². The van der Waals surface area contributed by atoms with Crippen molar-refractivity contribution in [2.75, 3.05) is 16.1 Å². The molecule has 4 heterocycles. The van der Waals surface area contributed by atoms with E-state index in [0.29, 0.717) is 5.52 Å². The van der Waals surface area contributed by atoms with E-state index in [1.54, 1.807) is 23.1 Å². The predicted molar refractivity (Wildman–Crippen MR) is 224 cm³/mol. The molecule has 0 fully saturated rings. The van der Waals surface area contributed by atoms with Gasteiger partial charge in [0.05, 0.1) is 27.0 Å². The SMILES string of the molecule is CC1C=C(N(c2ccccc2)c2ccccc2)SC1c1c2nsnc2c(-c2ccc(N(c3ccccc3)c3ccccc3)s2)c2nc(S(C)(=O)=O)sc12. The first-order valence-electron chi connectivity index (χ1n) is 16.9. The summed E-state index contributed by atoms with van der Waals surface area (Å²) in [6.45, 7) is 2.22. The normalized spacial score (nSPS) is 15.9. The number of hydrogen-bond acceptors (Lipinski definition) is 11. The molecule has 12 heteroatoms. The maximum Gasteiger partial charge on any atom is 0.210 e. The van der Waals surface area contributed by atoms with Crippen LogP contribution in [0, 0.1) is 5.92 Å². The van der Waals surface area contributed by atoms with Gasteiger partial charge in [0.15, 0.2) is 0 Å². The highest BCUT2D eigenvalue weighted by molar-refractivity contribution is 8.03. The Balaban J connectivity index is 1.20. The van der Waals surface area contributed by atoms with Crippen molar-refractivity contribution >= 4 is 105 Å². The van der Waals surface area contributed by atoms with Gasteiger partial charge in [-0.05, 0) is 72.7 Å². The molecule has 0 spiro atoms.